The molecule has 0 aliphatic carbocycles. The molecule has 0 saturated carbocycles. The van der Waals surface area contributed by atoms with Gasteiger partial charge in [-0.2, -0.15) is 12.6 Å². The molecule has 2 unspecified atom stereocenters. The molecule has 1 rings (SSSR count). The van der Waals surface area contributed by atoms with Crippen LogP contribution < -0.4 is 10.6 Å². The van der Waals surface area contributed by atoms with Gasteiger partial charge in [0.15, 0.2) is 0 Å². The summed E-state index contributed by atoms with van der Waals surface area (Å²) in [4.78, 5) is 40.8. The Morgan fingerprint density at radius 3 is 2.33 bits per heavy atom. The van der Waals surface area contributed by atoms with Gasteiger partial charge in [-0.25, -0.2) is 4.79 Å². The van der Waals surface area contributed by atoms with Crippen LogP contribution in [0.5, 0.6) is 0 Å². The van der Waals surface area contributed by atoms with Crippen LogP contribution in [0.2, 0.25) is 0 Å². The van der Waals surface area contributed by atoms with Crippen LogP contribution in [-0.4, -0.2) is 52.8 Å². The van der Waals surface area contributed by atoms with Gasteiger partial charge in [0, 0.05) is 18.3 Å². The van der Waals surface area contributed by atoms with Crippen molar-refractivity contribution in [3.05, 3.63) is 35.4 Å². The highest BCUT2D eigenvalue weighted by Crippen LogP contribution is 2.26. The van der Waals surface area contributed by atoms with Crippen molar-refractivity contribution in [3.8, 4) is 0 Å². The van der Waals surface area contributed by atoms with Crippen molar-refractivity contribution >= 4 is 30.5 Å². The van der Waals surface area contributed by atoms with Crippen LogP contribution in [0.1, 0.15) is 78.0 Å². The first-order chi connectivity index (χ1) is 15.4. The molecule has 0 aliphatic heterocycles. The number of aryl methyl sites for hydroxylation is 1. The summed E-state index contributed by atoms with van der Waals surface area (Å²) >= 11 is 4.29. The fourth-order valence-electron chi connectivity index (χ4n) is 3.46. The fraction of sp³-hybridized carbons (Fsp3) is 0.640. The van der Waals surface area contributed by atoms with Gasteiger partial charge in [-0.15, -0.1) is 0 Å². The van der Waals surface area contributed by atoms with Crippen LogP contribution in [0.3, 0.4) is 0 Å². The summed E-state index contributed by atoms with van der Waals surface area (Å²) in [5.74, 6) is -0.560. The molecule has 2 N–H and O–H groups in total. The SMILES string of the molecule is CCCCCNC(=O)C(c1cccc(C)c1)N(C(=O)C(CS)NC(=O)OC(C)(C)C)C(C)C. The zero-order valence-corrected chi connectivity index (χ0v) is 22.0. The second-order valence-electron chi connectivity index (χ2n) is 9.54. The van der Waals surface area contributed by atoms with Crippen molar-refractivity contribution in [2.75, 3.05) is 12.3 Å². The molecule has 0 aromatic heterocycles. The molecule has 0 fully saturated rings. The monoisotopic (exact) mass is 479 g/mol. The van der Waals surface area contributed by atoms with E-state index in [0.717, 1.165) is 30.4 Å². The summed E-state index contributed by atoms with van der Waals surface area (Å²) in [6.07, 6.45) is 2.24. The number of nitrogens with one attached hydrogen (secondary N) is 2. The van der Waals surface area contributed by atoms with Gasteiger partial charge in [-0.05, 0) is 53.5 Å². The maximum absolute atomic E-state index is 13.6. The Bertz CT molecular complexity index is 792. The average Bonchev–Trinajstić information content (AvgIpc) is 2.71. The molecule has 1 aromatic rings. The van der Waals surface area contributed by atoms with Gasteiger partial charge in [0.2, 0.25) is 11.8 Å². The second kappa shape index (κ2) is 13.5. The number of carbonyl (C=O) groups excluding carboxylic acids is 3. The van der Waals surface area contributed by atoms with E-state index in [0.29, 0.717) is 6.54 Å². The third-order valence-electron chi connectivity index (χ3n) is 4.95. The zero-order valence-electron chi connectivity index (χ0n) is 21.1. The molecule has 33 heavy (non-hydrogen) atoms. The third-order valence-corrected chi connectivity index (χ3v) is 5.31. The van der Waals surface area contributed by atoms with Crippen LogP contribution in [0.25, 0.3) is 0 Å². The highest BCUT2D eigenvalue weighted by Gasteiger charge is 2.37. The normalized spacial score (nSPS) is 13.2. The first-order valence-corrected chi connectivity index (χ1v) is 12.3. The zero-order chi connectivity index (χ0) is 25.2. The molecule has 8 heteroatoms. The Morgan fingerprint density at radius 1 is 1.15 bits per heavy atom. The number of thiol groups is 1. The van der Waals surface area contributed by atoms with Crippen molar-refractivity contribution in [1.82, 2.24) is 15.5 Å². The summed E-state index contributed by atoms with van der Waals surface area (Å²) < 4.78 is 5.31. The number of rotatable bonds is 11. The molecule has 0 saturated heterocycles. The first kappa shape index (κ1) is 28.8. The molecule has 7 nitrogen and oxygen atoms in total. The lowest BCUT2D eigenvalue weighted by Gasteiger charge is -2.37. The molecule has 0 bridgehead atoms. The quantitative estimate of drug-likeness (QED) is 0.324. The van der Waals surface area contributed by atoms with Crippen molar-refractivity contribution in [2.45, 2.75) is 91.5 Å². The minimum absolute atomic E-state index is 0.0694. The molecule has 0 heterocycles. The average molecular weight is 480 g/mol. The molecule has 0 aliphatic rings. The number of carbonyl (C=O) groups is 3. The van der Waals surface area contributed by atoms with Crippen molar-refractivity contribution in [2.24, 2.45) is 0 Å². The summed E-state index contributed by atoms with van der Waals surface area (Å²) in [5.41, 5.74) is 1.01. The van der Waals surface area contributed by atoms with Gasteiger partial charge in [0.25, 0.3) is 0 Å². The van der Waals surface area contributed by atoms with Gasteiger partial charge in [-0.3, -0.25) is 9.59 Å². The Hall–Kier alpha value is -2.22. The van der Waals surface area contributed by atoms with Gasteiger partial charge >= 0.3 is 6.09 Å². The third kappa shape index (κ3) is 9.66. The molecule has 2 atom stereocenters. The Kier molecular flexibility index (Phi) is 11.8. The minimum atomic E-state index is -0.939. The smallest absolute Gasteiger partial charge is 0.408 e. The maximum atomic E-state index is 13.6. The van der Waals surface area contributed by atoms with E-state index in [1.54, 1.807) is 20.8 Å². The standard InChI is InChI=1S/C25H41N3O4S/c1-8-9-10-14-26-22(29)21(19-13-11-12-18(4)15-19)28(17(2)3)23(30)20(16-33)27-24(31)32-25(5,6)7/h11-13,15,17,20-21,33H,8-10,14,16H2,1-7H3,(H,26,29)(H,27,31). The van der Waals surface area contributed by atoms with Crippen LogP contribution in [0.4, 0.5) is 4.79 Å². The minimum Gasteiger partial charge on any atom is -0.444 e. The predicted molar refractivity (Wildman–Crippen MR) is 135 cm³/mol. The van der Waals surface area contributed by atoms with Gasteiger partial charge in [0.05, 0.1) is 0 Å². The van der Waals surface area contributed by atoms with Crippen LogP contribution in [0.15, 0.2) is 24.3 Å². The van der Waals surface area contributed by atoms with E-state index in [1.807, 2.05) is 45.0 Å². The van der Waals surface area contributed by atoms with Gasteiger partial charge < -0.3 is 20.3 Å². The van der Waals surface area contributed by atoms with Crippen molar-refractivity contribution in [1.29, 1.82) is 0 Å². The lowest BCUT2D eigenvalue weighted by Crippen LogP contribution is -2.55. The summed E-state index contributed by atoms with van der Waals surface area (Å²) in [6, 6.07) is 5.51. The summed E-state index contributed by atoms with van der Waals surface area (Å²) in [6.45, 7) is 13.6. The molecule has 0 spiro atoms. The number of amides is 3. The van der Waals surface area contributed by atoms with E-state index in [1.165, 1.54) is 4.90 Å². The Morgan fingerprint density at radius 2 is 1.82 bits per heavy atom. The van der Waals surface area contributed by atoms with Crippen LogP contribution >= 0.6 is 12.6 Å². The van der Waals surface area contributed by atoms with E-state index in [4.69, 9.17) is 4.74 Å². The number of nitrogens with zero attached hydrogens (tertiary/aromatic N) is 1. The molecular formula is C25H41N3O4S. The fourth-order valence-corrected chi connectivity index (χ4v) is 3.70. The second-order valence-corrected chi connectivity index (χ2v) is 9.90. The van der Waals surface area contributed by atoms with E-state index in [-0.39, 0.29) is 23.6 Å². The van der Waals surface area contributed by atoms with Crippen molar-refractivity contribution < 1.29 is 19.1 Å². The highest BCUT2D eigenvalue weighted by molar-refractivity contribution is 7.80. The number of hydrogen-bond acceptors (Lipinski definition) is 5. The van der Waals surface area contributed by atoms with Crippen LogP contribution in [0, 0.1) is 6.92 Å². The maximum Gasteiger partial charge on any atom is 0.408 e. The number of hydrogen-bond donors (Lipinski definition) is 3. The molecule has 3 amide bonds. The summed E-state index contributed by atoms with van der Waals surface area (Å²) in [5, 5.41) is 5.61. The number of alkyl carbamates (subject to hydrolysis) is 1. The van der Waals surface area contributed by atoms with E-state index in [2.05, 4.69) is 30.2 Å². The topological polar surface area (TPSA) is 87.7 Å². The highest BCUT2D eigenvalue weighted by atomic mass is 32.1. The van der Waals surface area contributed by atoms with Crippen molar-refractivity contribution in [3.63, 3.8) is 0 Å². The molecule has 186 valence electrons. The molecular weight excluding hydrogens is 438 g/mol. The predicted octanol–water partition coefficient (Wildman–Crippen LogP) is 4.40. The van der Waals surface area contributed by atoms with Crippen LogP contribution in [-0.2, 0) is 14.3 Å². The van der Waals surface area contributed by atoms with E-state index >= 15 is 0 Å². The molecule has 1 aromatic carbocycles. The number of ether oxygens (including phenoxy) is 1. The van der Waals surface area contributed by atoms with E-state index < -0.39 is 23.8 Å². The Balaban J connectivity index is 3.26. The largest absolute Gasteiger partial charge is 0.444 e. The molecule has 0 radical (unpaired) electrons. The lowest BCUT2D eigenvalue weighted by molar-refractivity contribution is -0.144. The van der Waals surface area contributed by atoms with E-state index in [9.17, 15) is 14.4 Å². The lowest BCUT2D eigenvalue weighted by atomic mass is 9.99. The summed E-state index contributed by atoms with van der Waals surface area (Å²) in [7, 11) is 0. The number of unbranched alkanes of at least 4 members (excludes halogenated alkanes) is 2. The first-order valence-electron chi connectivity index (χ1n) is 11.7. The Labute approximate surface area is 204 Å². The van der Waals surface area contributed by atoms with Gasteiger partial charge in [0.1, 0.15) is 17.7 Å². The number of benzene rings is 1. The van der Waals surface area contributed by atoms with Gasteiger partial charge in [-0.1, -0.05) is 49.6 Å².